The number of nitrogens with one attached hydrogen (secondary N) is 1. The fourth-order valence-electron chi connectivity index (χ4n) is 3.03. The lowest BCUT2D eigenvalue weighted by Gasteiger charge is -2.09. The number of aryl methyl sites for hydroxylation is 2. The third kappa shape index (κ3) is 4.30. The molecule has 1 heterocycles. The van der Waals surface area contributed by atoms with Crippen LogP contribution in [0.4, 0.5) is 5.69 Å². The van der Waals surface area contributed by atoms with E-state index >= 15 is 0 Å². The normalized spacial score (nSPS) is 11.0. The summed E-state index contributed by atoms with van der Waals surface area (Å²) < 4.78 is 7.09. The van der Waals surface area contributed by atoms with E-state index in [0.717, 1.165) is 28.3 Å². The molecule has 0 aliphatic rings. The van der Waals surface area contributed by atoms with Gasteiger partial charge < -0.3 is 14.6 Å². The van der Waals surface area contributed by atoms with Crippen molar-refractivity contribution in [1.29, 1.82) is 5.26 Å². The van der Waals surface area contributed by atoms with Crippen molar-refractivity contribution in [3.63, 3.8) is 0 Å². The summed E-state index contributed by atoms with van der Waals surface area (Å²) >= 11 is 0. The summed E-state index contributed by atoms with van der Waals surface area (Å²) in [5.41, 5.74) is 4.44. The molecule has 5 nitrogen and oxygen atoms in total. The molecule has 0 fully saturated rings. The molecule has 0 aliphatic heterocycles. The van der Waals surface area contributed by atoms with E-state index in [1.165, 1.54) is 0 Å². The van der Waals surface area contributed by atoms with Crippen LogP contribution in [0.2, 0.25) is 0 Å². The van der Waals surface area contributed by atoms with Crippen LogP contribution < -0.4 is 10.1 Å². The molecule has 5 heteroatoms. The Labute approximate surface area is 164 Å². The molecule has 0 unspecified atom stereocenters. The average Bonchev–Trinajstić information content (AvgIpc) is 3.13. The SMILES string of the molecule is COc1ccc(-n2cccc2/C=C(/C#N)C(=O)Nc2cc(C)cc(C)c2)cc1. The first-order valence-corrected chi connectivity index (χ1v) is 8.83. The Morgan fingerprint density at radius 2 is 1.79 bits per heavy atom. The van der Waals surface area contributed by atoms with Gasteiger partial charge in [-0.1, -0.05) is 6.07 Å². The van der Waals surface area contributed by atoms with Gasteiger partial charge in [0.05, 0.1) is 7.11 Å². The molecule has 3 aromatic rings. The number of hydrogen-bond acceptors (Lipinski definition) is 3. The summed E-state index contributed by atoms with van der Waals surface area (Å²) in [4.78, 5) is 12.6. The molecule has 1 aromatic heterocycles. The molecule has 0 saturated carbocycles. The first-order valence-electron chi connectivity index (χ1n) is 8.83. The van der Waals surface area contributed by atoms with Gasteiger partial charge in [0.1, 0.15) is 17.4 Å². The Kier molecular flexibility index (Phi) is 5.61. The molecule has 0 atom stereocenters. The molecule has 28 heavy (non-hydrogen) atoms. The van der Waals surface area contributed by atoms with Gasteiger partial charge in [0.25, 0.3) is 5.91 Å². The number of nitrogens with zero attached hydrogens (tertiary/aromatic N) is 2. The van der Waals surface area contributed by atoms with E-state index in [1.807, 2.05) is 85.3 Å². The highest BCUT2D eigenvalue weighted by Crippen LogP contribution is 2.20. The first kappa shape index (κ1) is 19.0. The second kappa shape index (κ2) is 8.28. The average molecular weight is 371 g/mol. The maximum atomic E-state index is 12.6. The van der Waals surface area contributed by atoms with Gasteiger partial charge in [-0.3, -0.25) is 4.79 Å². The lowest BCUT2D eigenvalue weighted by Crippen LogP contribution is -2.14. The number of amides is 1. The van der Waals surface area contributed by atoms with Gasteiger partial charge in [-0.25, -0.2) is 0 Å². The highest BCUT2D eigenvalue weighted by Gasteiger charge is 2.12. The molecule has 3 rings (SSSR count). The Morgan fingerprint density at radius 3 is 2.39 bits per heavy atom. The number of carbonyl (C=O) groups is 1. The minimum absolute atomic E-state index is 0.0348. The van der Waals surface area contributed by atoms with Gasteiger partial charge >= 0.3 is 0 Å². The zero-order valence-corrected chi connectivity index (χ0v) is 16.1. The van der Waals surface area contributed by atoms with Crippen molar-refractivity contribution in [1.82, 2.24) is 4.57 Å². The first-order chi connectivity index (χ1) is 13.5. The Bertz CT molecular complexity index is 1050. The van der Waals surface area contributed by atoms with Crippen molar-refractivity contribution in [2.45, 2.75) is 13.8 Å². The fourth-order valence-corrected chi connectivity index (χ4v) is 3.03. The zero-order valence-electron chi connectivity index (χ0n) is 16.1. The third-order valence-corrected chi connectivity index (χ3v) is 4.27. The van der Waals surface area contributed by atoms with E-state index in [2.05, 4.69) is 5.32 Å². The quantitative estimate of drug-likeness (QED) is 0.524. The highest BCUT2D eigenvalue weighted by molar-refractivity contribution is 6.09. The molecule has 0 spiro atoms. The topological polar surface area (TPSA) is 67.0 Å². The summed E-state index contributed by atoms with van der Waals surface area (Å²) in [7, 11) is 1.62. The van der Waals surface area contributed by atoms with Crippen LogP contribution >= 0.6 is 0 Å². The number of anilines is 1. The number of carbonyl (C=O) groups excluding carboxylic acids is 1. The van der Waals surface area contributed by atoms with Crippen LogP contribution in [0.25, 0.3) is 11.8 Å². The molecule has 1 amide bonds. The van der Waals surface area contributed by atoms with Crippen LogP contribution in [0.3, 0.4) is 0 Å². The summed E-state index contributed by atoms with van der Waals surface area (Å²) in [5, 5.41) is 12.3. The van der Waals surface area contributed by atoms with E-state index < -0.39 is 5.91 Å². The van der Waals surface area contributed by atoms with Crippen molar-refractivity contribution in [3.8, 4) is 17.5 Å². The number of rotatable bonds is 5. The zero-order chi connectivity index (χ0) is 20.1. The van der Waals surface area contributed by atoms with Crippen LogP contribution in [0, 0.1) is 25.2 Å². The fraction of sp³-hybridized carbons (Fsp3) is 0.130. The van der Waals surface area contributed by atoms with Gasteiger partial charge in [-0.05, 0) is 79.6 Å². The summed E-state index contributed by atoms with van der Waals surface area (Å²) in [6, 6.07) is 19.1. The predicted molar refractivity (Wildman–Crippen MR) is 110 cm³/mol. The minimum atomic E-state index is -0.435. The second-order valence-electron chi connectivity index (χ2n) is 6.50. The molecule has 0 saturated heterocycles. The van der Waals surface area contributed by atoms with Gasteiger partial charge in [0.15, 0.2) is 0 Å². The van der Waals surface area contributed by atoms with Crippen molar-refractivity contribution >= 4 is 17.7 Å². The number of nitriles is 1. The molecule has 140 valence electrons. The van der Waals surface area contributed by atoms with Crippen molar-refractivity contribution in [2.75, 3.05) is 12.4 Å². The molecule has 1 N–H and O–H groups in total. The molecular formula is C23H21N3O2. The van der Waals surface area contributed by atoms with Crippen LogP contribution in [0.15, 0.2) is 66.4 Å². The van der Waals surface area contributed by atoms with Crippen LogP contribution in [-0.2, 0) is 4.79 Å². The molecular weight excluding hydrogens is 350 g/mol. The molecule has 0 radical (unpaired) electrons. The summed E-state index contributed by atoms with van der Waals surface area (Å²) in [5.74, 6) is 0.327. The lowest BCUT2D eigenvalue weighted by molar-refractivity contribution is -0.112. The summed E-state index contributed by atoms with van der Waals surface area (Å²) in [6.45, 7) is 3.93. The number of benzene rings is 2. The molecule has 0 aliphatic carbocycles. The van der Waals surface area contributed by atoms with E-state index in [0.29, 0.717) is 5.69 Å². The van der Waals surface area contributed by atoms with Crippen LogP contribution in [0.5, 0.6) is 5.75 Å². The standard InChI is InChI=1S/C23H21N3O2/c1-16-11-17(2)13-19(12-16)25-23(27)18(15-24)14-21-5-4-10-26(21)20-6-8-22(28-3)9-7-20/h4-14H,1-3H3,(H,25,27)/b18-14-. The lowest BCUT2D eigenvalue weighted by atomic mass is 10.1. The van der Waals surface area contributed by atoms with Gasteiger partial charge in [0.2, 0.25) is 0 Å². The third-order valence-electron chi connectivity index (χ3n) is 4.27. The Hall–Kier alpha value is -3.78. The number of hydrogen-bond donors (Lipinski definition) is 1. The van der Waals surface area contributed by atoms with E-state index in [4.69, 9.17) is 4.74 Å². The van der Waals surface area contributed by atoms with Crippen molar-refractivity contribution in [3.05, 3.63) is 83.2 Å². The maximum absolute atomic E-state index is 12.6. The molecule has 0 bridgehead atoms. The minimum Gasteiger partial charge on any atom is -0.497 e. The second-order valence-corrected chi connectivity index (χ2v) is 6.50. The maximum Gasteiger partial charge on any atom is 0.266 e. The van der Waals surface area contributed by atoms with E-state index in [1.54, 1.807) is 13.2 Å². The molecule has 2 aromatic carbocycles. The largest absolute Gasteiger partial charge is 0.497 e. The van der Waals surface area contributed by atoms with Gasteiger partial charge in [-0.2, -0.15) is 5.26 Å². The highest BCUT2D eigenvalue weighted by atomic mass is 16.5. The monoisotopic (exact) mass is 371 g/mol. The predicted octanol–water partition coefficient (Wildman–Crippen LogP) is 4.65. The van der Waals surface area contributed by atoms with Crippen molar-refractivity contribution in [2.24, 2.45) is 0 Å². The van der Waals surface area contributed by atoms with Crippen molar-refractivity contribution < 1.29 is 9.53 Å². The van der Waals surface area contributed by atoms with E-state index in [-0.39, 0.29) is 5.57 Å². The van der Waals surface area contributed by atoms with Gasteiger partial charge in [0, 0.05) is 23.3 Å². The smallest absolute Gasteiger partial charge is 0.266 e. The number of methoxy groups -OCH3 is 1. The number of aromatic nitrogens is 1. The summed E-state index contributed by atoms with van der Waals surface area (Å²) in [6.07, 6.45) is 3.46. The Morgan fingerprint density at radius 1 is 1.11 bits per heavy atom. The van der Waals surface area contributed by atoms with Crippen LogP contribution in [-0.4, -0.2) is 17.6 Å². The van der Waals surface area contributed by atoms with Crippen LogP contribution in [0.1, 0.15) is 16.8 Å². The Balaban J connectivity index is 1.87. The van der Waals surface area contributed by atoms with Gasteiger partial charge in [-0.15, -0.1) is 0 Å². The van der Waals surface area contributed by atoms with E-state index in [9.17, 15) is 10.1 Å². The number of ether oxygens (including phenoxy) is 1.